The number of fused-ring (bicyclic) bond motifs is 5. The highest BCUT2D eigenvalue weighted by molar-refractivity contribution is 5.89. The van der Waals surface area contributed by atoms with Crippen molar-refractivity contribution in [3.63, 3.8) is 0 Å². The maximum atomic E-state index is 5.99. The molecule has 0 fully saturated rings. The number of anilines is 1. The van der Waals surface area contributed by atoms with Gasteiger partial charge < -0.3 is 9.32 Å². The highest BCUT2D eigenvalue weighted by Crippen LogP contribution is 2.49. The second kappa shape index (κ2) is 2.86. The van der Waals surface area contributed by atoms with Gasteiger partial charge in [0.15, 0.2) is 0 Å². The Hall–Kier alpha value is -1.90. The number of likely N-dealkylation sites (N-methyl/N-ethyl adjacent to an activating group) is 1. The second-order valence-corrected chi connectivity index (χ2v) is 4.89. The van der Waals surface area contributed by atoms with Crippen molar-refractivity contribution in [3.05, 3.63) is 42.2 Å². The molecule has 0 spiro atoms. The standard InChI is InChI=1S/C14H14N2O/c1-9-12-10-5-3-4-6-11(10)17-14(12)16-8-7-15(2)13(9)16/h3-9,13H,1-2H3. The second-order valence-electron chi connectivity index (χ2n) is 4.89. The molecule has 0 saturated carbocycles. The Labute approximate surface area is 99.9 Å². The van der Waals surface area contributed by atoms with Gasteiger partial charge in [0.25, 0.3) is 0 Å². The summed E-state index contributed by atoms with van der Waals surface area (Å²) in [4.78, 5) is 4.48. The van der Waals surface area contributed by atoms with Gasteiger partial charge in [0, 0.05) is 36.3 Å². The minimum absolute atomic E-state index is 0.383. The molecule has 2 aromatic rings. The molecular weight excluding hydrogens is 212 g/mol. The normalized spacial score (nSPS) is 25.8. The fourth-order valence-electron chi connectivity index (χ4n) is 3.16. The predicted molar refractivity (Wildman–Crippen MR) is 67.8 cm³/mol. The lowest BCUT2D eigenvalue weighted by Crippen LogP contribution is -2.35. The molecule has 2 aliphatic heterocycles. The van der Waals surface area contributed by atoms with Crippen LogP contribution in [0.3, 0.4) is 0 Å². The number of benzene rings is 1. The van der Waals surface area contributed by atoms with Gasteiger partial charge in [-0.15, -0.1) is 0 Å². The lowest BCUT2D eigenvalue weighted by Gasteiger charge is -2.26. The highest BCUT2D eigenvalue weighted by atomic mass is 16.4. The Morgan fingerprint density at radius 3 is 2.88 bits per heavy atom. The summed E-state index contributed by atoms with van der Waals surface area (Å²) in [5.41, 5.74) is 2.34. The van der Waals surface area contributed by atoms with Gasteiger partial charge in [-0.25, -0.2) is 0 Å². The van der Waals surface area contributed by atoms with E-state index in [1.165, 1.54) is 10.9 Å². The SMILES string of the molecule is CC1c2c(oc3ccccc23)N2C=CN(C)C12. The van der Waals surface area contributed by atoms with Crippen molar-refractivity contribution < 1.29 is 4.42 Å². The average molecular weight is 226 g/mol. The van der Waals surface area contributed by atoms with E-state index in [0.29, 0.717) is 12.1 Å². The van der Waals surface area contributed by atoms with Gasteiger partial charge >= 0.3 is 0 Å². The van der Waals surface area contributed by atoms with Crippen LogP contribution >= 0.6 is 0 Å². The van der Waals surface area contributed by atoms with Crippen molar-refractivity contribution in [2.45, 2.75) is 19.0 Å². The number of rotatable bonds is 0. The average Bonchev–Trinajstić information content (AvgIpc) is 2.94. The van der Waals surface area contributed by atoms with Gasteiger partial charge in [-0.1, -0.05) is 25.1 Å². The van der Waals surface area contributed by atoms with Crippen LogP contribution in [0.4, 0.5) is 5.88 Å². The van der Waals surface area contributed by atoms with E-state index in [1.807, 2.05) is 12.1 Å². The van der Waals surface area contributed by atoms with Crippen molar-refractivity contribution >= 4 is 16.9 Å². The van der Waals surface area contributed by atoms with Crippen LogP contribution in [0.15, 0.2) is 41.1 Å². The molecular formula is C14H14N2O. The molecule has 2 unspecified atom stereocenters. The molecule has 0 bridgehead atoms. The van der Waals surface area contributed by atoms with Crippen molar-refractivity contribution in [1.29, 1.82) is 0 Å². The molecule has 0 amide bonds. The van der Waals surface area contributed by atoms with Gasteiger partial charge in [-0.05, 0) is 6.07 Å². The quantitative estimate of drug-likeness (QED) is 0.688. The molecule has 3 nitrogen and oxygen atoms in total. The number of hydrogen-bond donors (Lipinski definition) is 0. The van der Waals surface area contributed by atoms with Crippen LogP contribution in [0.5, 0.6) is 0 Å². The molecule has 17 heavy (non-hydrogen) atoms. The molecule has 1 aromatic carbocycles. The highest BCUT2D eigenvalue weighted by Gasteiger charge is 2.43. The molecule has 0 aliphatic carbocycles. The first-order valence-electron chi connectivity index (χ1n) is 5.97. The van der Waals surface area contributed by atoms with Crippen LogP contribution in [-0.4, -0.2) is 18.1 Å². The topological polar surface area (TPSA) is 19.6 Å². The molecule has 86 valence electrons. The van der Waals surface area contributed by atoms with Crippen LogP contribution in [-0.2, 0) is 0 Å². The number of furan rings is 1. The molecule has 1 aromatic heterocycles. The van der Waals surface area contributed by atoms with Crippen LogP contribution in [0.1, 0.15) is 18.4 Å². The van der Waals surface area contributed by atoms with Crippen LogP contribution in [0, 0.1) is 0 Å². The molecule has 3 heterocycles. The third-order valence-electron chi connectivity index (χ3n) is 3.92. The van der Waals surface area contributed by atoms with Gasteiger partial charge in [-0.2, -0.15) is 0 Å². The van der Waals surface area contributed by atoms with Crippen LogP contribution in [0.2, 0.25) is 0 Å². The van der Waals surface area contributed by atoms with E-state index in [1.54, 1.807) is 0 Å². The van der Waals surface area contributed by atoms with Crippen molar-refractivity contribution in [3.8, 4) is 0 Å². The fraction of sp³-hybridized carbons (Fsp3) is 0.286. The Morgan fingerprint density at radius 1 is 1.18 bits per heavy atom. The van der Waals surface area contributed by atoms with Gasteiger partial charge in [0.2, 0.25) is 5.88 Å². The Bertz CT molecular complexity index is 628. The summed E-state index contributed by atoms with van der Waals surface area (Å²) in [5, 5.41) is 1.26. The van der Waals surface area contributed by atoms with E-state index in [-0.39, 0.29) is 0 Å². The molecule has 2 atom stereocenters. The van der Waals surface area contributed by atoms with Gasteiger partial charge in [0.05, 0.1) is 0 Å². The third-order valence-corrected chi connectivity index (χ3v) is 3.92. The monoisotopic (exact) mass is 226 g/mol. The summed E-state index contributed by atoms with van der Waals surface area (Å²) in [5.74, 6) is 1.48. The van der Waals surface area contributed by atoms with E-state index >= 15 is 0 Å². The van der Waals surface area contributed by atoms with E-state index in [0.717, 1.165) is 11.5 Å². The van der Waals surface area contributed by atoms with E-state index < -0.39 is 0 Å². The van der Waals surface area contributed by atoms with Crippen LogP contribution in [0.25, 0.3) is 11.0 Å². The minimum atomic E-state index is 0.383. The van der Waals surface area contributed by atoms with Crippen molar-refractivity contribution in [2.24, 2.45) is 0 Å². The Balaban J connectivity index is 2.01. The molecule has 0 saturated heterocycles. The summed E-state index contributed by atoms with van der Waals surface area (Å²) in [6.45, 7) is 2.27. The van der Waals surface area contributed by atoms with E-state index in [9.17, 15) is 0 Å². The van der Waals surface area contributed by atoms with E-state index in [4.69, 9.17) is 4.42 Å². The summed E-state index contributed by atoms with van der Waals surface area (Å²) >= 11 is 0. The maximum absolute atomic E-state index is 5.99. The number of nitrogens with zero attached hydrogens (tertiary/aromatic N) is 2. The van der Waals surface area contributed by atoms with Crippen molar-refractivity contribution in [1.82, 2.24) is 4.90 Å². The molecule has 3 heteroatoms. The lowest BCUT2D eigenvalue weighted by molar-refractivity contribution is 0.330. The summed E-state index contributed by atoms with van der Waals surface area (Å²) in [6, 6.07) is 8.29. The maximum Gasteiger partial charge on any atom is 0.206 e. The molecule has 4 rings (SSSR count). The minimum Gasteiger partial charge on any atom is -0.440 e. The number of para-hydroxylation sites is 1. The zero-order valence-corrected chi connectivity index (χ0v) is 9.92. The first kappa shape index (κ1) is 9.16. The molecule has 0 N–H and O–H groups in total. The zero-order valence-electron chi connectivity index (χ0n) is 9.92. The Kier molecular flexibility index (Phi) is 1.54. The Morgan fingerprint density at radius 2 is 2.00 bits per heavy atom. The van der Waals surface area contributed by atoms with Gasteiger partial charge in [-0.3, -0.25) is 4.90 Å². The van der Waals surface area contributed by atoms with E-state index in [2.05, 4.69) is 48.3 Å². The first-order valence-corrected chi connectivity index (χ1v) is 5.97. The summed E-state index contributed by atoms with van der Waals surface area (Å²) in [6.07, 6.45) is 4.60. The lowest BCUT2D eigenvalue weighted by atomic mass is 10.00. The predicted octanol–water partition coefficient (Wildman–Crippen LogP) is 3.10. The molecule has 2 aliphatic rings. The molecule has 0 radical (unpaired) electrons. The van der Waals surface area contributed by atoms with Crippen molar-refractivity contribution in [2.75, 3.05) is 11.9 Å². The fourth-order valence-corrected chi connectivity index (χ4v) is 3.16. The summed E-state index contributed by atoms with van der Waals surface area (Å²) in [7, 11) is 2.12. The summed E-state index contributed by atoms with van der Waals surface area (Å²) < 4.78 is 5.99. The first-order chi connectivity index (χ1) is 8.27. The largest absolute Gasteiger partial charge is 0.440 e. The zero-order chi connectivity index (χ0) is 11.6. The number of hydrogen-bond acceptors (Lipinski definition) is 3. The van der Waals surface area contributed by atoms with Crippen LogP contribution < -0.4 is 4.90 Å². The van der Waals surface area contributed by atoms with Gasteiger partial charge in [0.1, 0.15) is 11.7 Å². The smallest absolute Gasteiger partial charge is 0.206 e. The third kappa shape index (κ3) is 0.971.